The summed E-state index contributed by atoms with van der Waals surface area (Å²) in [5.74, 6) is 0.142. The minimum Gasteiger partial charge on any atom is -0.486 e. The summed E-state index contributed by atoms with van der Waals surface area (Å²) in [5.41, 5.74) is -0.0929. The Kier molecular flexibility index (Phi) is 4.15. The van der Waals surface area contributed by atoms with Gasteiger partial charge in [0, 0.05) is 5.02 Å². The Morgan fingerprint density at radius 3 is 2.86 bits per heavy atom. The maximum Gasteiger partial charge on any atom is 0.254 e. The minimum atomic E-state index is -0.618. The third kappa shape index (κ3) is 3.14. The number of amides is 1. The first-order valence-electron chi connectivity index (χ1n) is 6.75. The van der Waals surface area contributed by atoms with Gasteiger partial charge in [0.2, 0.25) is 0 Å². The topological polar surface area (TPSA) is 47.6 Å². The van der Waals surface area contributed by atoms with Gasteiger partial charge >= 0.3 is 0 Å². The molecule has 1 heterocycles. The highest BCUT2D eigenvalue weighted by molar-refractivity contribution is 6.31. The number of para-hydroxylation sites is 2. The van der Waals surface area contributed by atoms with Crippen molar-refractivity contribution in [1.82, 2.24) is 5.32 Å². The molecule has 3 rings (SSSR count). The maximum absolute atomic E-state index is 13.6. The van der Waals surface area contributed by atoms with Gasteiger partial charge in [-0.15, -0.1) is 0 Å². The van der Waals surface area contributed by atoms with Gasteiger partial charge in [0.25, 0.3) is 5.91 Å². The molecule has 0 bridgehead atoms. The zero-order valence-corrected chi connectivity index (χ0v) is 12.3. The molecular weight excluding hydrogens is 309 g/mol. The van der Waals surface area contributed by atoms with Gasteiger partial charge in [0.1, 0.15) is 18.5 Å². The molecule has 1 atom stereocenters. The average molecular weight is 322 g/mol. The number of rotatable bonds is 3. The van der Waals surface area contributed by atoms with Gasteiger partial charge < -0.3 is 14.8 Å². The van der Waals surface area contributed by atoms with E-state index >= 15 is 0 Å². The SMILES string of the molecule is O=C(NC[C@@H]1COc2ccccc2O1)c1cc(Cl)ccc1F. The first-order chi connectivity index (χ1) is 10.6. The lowest BCUT2D eigenvalue weighted by atomic mass is 10.2. The van der Waals surface area contributed by atoms with E-state index in [0.717, 1.165) is 6.07 Å². The summed E-state index contributed by atoms with van der Waals surface area (Å²) >= 11 is 5.77. The van der Waals surface area contributed by atoms with Crippen molar-refractivity contribution in [1.29, 1.82) is 0 Å². The molecule has 1 aliphatic heterocycles. The lowest BCUT2D eigenvalue weighted by molar-refractivity contribution is 0.0787. The monoisotopic (exact) mass is 321 g/mol. The number of carbonyl (C=O) groups excluding carboxylic acids is 1. The van der Waals surface area contributed by atoms with E-state index < -0.39 is 11.7 Å². The summed E-state index contributed by atoms with van der Waals surface area (Å²) in [5, 5.41) is 2.93. The van der Waals surface area contributed by atoms with E-state index in [1.54, 1.807) is 6.07 Å². The van der Waals surface area contributed by atoms with Crippen LogP contribution in [0.25, 0.3) is 0 Å². The van der Waals surface area contributed by atoms with E-state index in [0.29, 0.717) is 23.1 Å². The fourth-order valence-corrected chi connectivity index (χ4v) is 2.31. The summed E-state index contributed by atoms with van der Waals surface area (Å²) in [4.78, 5) is 12.0. The molecule has 0 fully saturated rings. The van der Waals surface area contributed by atoms with Gasteiger partial charge in [0.05, 0.1) is 12.1 Å². The molecule has 4 nitrogen and oxygen atoms in total. The number of hydrogen-bond acceptors (Lipinski definition) is 3. The van der Waals surface area contributed by atoms with Crippen LogP contribution in [0.1, 0.15) is 10.4 Å². The van der Waals surface area contributed by atoms with Crippen molar-refractivity contribution < 1.29 is 18.7 Å². The molecule has 0 saturated heterocycles. The minimum absolute atomic E-state index is 0.0929. The molecule has 0 radical (unpaired) electrons. The van der Waals surface area contributed by atoms with E-state index in [1.165, 1.54) is 12.1 Å². The quantitative estimate of drug-likeness (QED) is 0.945. The van der Waals surface area contributed by atoms with Crippen LogP contribution in [0.2, 0.25) is 5.02 Å². The molecule has 1 amide bonds. The number of fused-ring (bicyclic) bond motifs is 1. The highest BCUT2D eigenvalue weighted by Gasteiger charge is 2.22. The van der Waals surface area contributed by atoms with Crippen LogP contribution in [0.3, 0.4) is 0 Å². The van der Waals surface area contributed by atoms with Gasteiger partial charge in [0.15, 0.2) is 11.5 Å². The number of hydrogen-bond donors (Lipinski definition) is 1. The van der Waals surface area contributed by atoms with Crippen molar-refractivity contribution in [3.8, 4) is 11.5 Å². The maximum atomic E-state index is 13.6. The number of nitrogens with one attached hydrogen (secondary N) is 1. The van der Waals surface area contributed by atoms with E-state index in [9.17, 15) is 9.18 Å². The van der Waals surface area contributed by atoms with Crippen LogP contribution < -0.4 is 14.8 Å². The Bertz CT molecular complexity index is 708. The van der Waals surface area contributed by atoms with Gasteiger partial charge in [-0.3, -0.25) is 4.79 Å². The molecule has 2 aromatic carbocycles. The molecule has 22 heavy (non-hydrogen) atoms. The summed E-state index contributed by atoms with van der Waals surface area (Å²) < 4.78 is 24.9. The second-order valence-corrected chi connectivity index (χ2v) is 5.27. The van der Waals surface area contributed by atoms with Crippen LogP contribution in [-0.4, -0.2) is 25.2 Å². The Balaban J connectivity index is 1.61. The molecule has 0 spiro atoms. The predicted octanol–water partition coefficient (Wildman–Crippen LogP) is 3.05. The Morgan fingerprint density at radius 2 is 2.05 bits per heavy atom. The number of benzene rings is 2. The molecule has 0 unspecified atom stereocenters. The van der Waals surface area contributed by atoms with Crippen LogP contribution in [0.15, 0.2) is 42.5 Å². The molecule has 6 heteroatoms. The normalized spacial score (nSPS) is 16.2. The van der Waals surface area contributed by atoms with Crippen molar-refractivity contribution in [3.63, 3.8) is 0 Å². The Morgan fingerprint density at radius 1 is 1.27 bits per heavy atom. The lowest BCUT2D eigenvalue weighted by Gasteiger charge is -2.26. The van der Waals surface area contributed by atoms with Crippen molar-refractivity contribution >= 4 is 17.5 Å². The van der Waals surface area contributed by atoms with Crippen molar-refractivity contribution in [2.45, 2.75) is 6.10 Å². The van der Waals surface area contributed by atoms with E-state index in [4.69, 9.17) is 21.1 Å². The van der Waals surface area contributed by atoms with Gasteiger partial charge in [-0.1, -0.05) is 23.7 Å². The molecule has 0 aromatic heterocycles. The number of ether oxygens (including phenoxy) is 2. The van der Waals surface area contributed by atoms with Crippen LogP contribution in [0.4, 0.5) is 4.39 Å². The van der Waals surface area contributed by atoms with Crippen LogP contribution in [0.5, 0.6) is 11.5 Å². The molecule has 0 aliphatic carbocycles. The van der Waals surface area contributed by atoms with Gasteiger partial charge in [-0.05, 0) is 30.3 Å². The first kappa shape index (κ1) is 14.7. The fourth-order valence-electron chi connectivity index (χ4n) is 2.14. The van der Waals surface area contributed by atoms with Crippen molar-refractivity contribution in [3.05, 3.63) is 58.9 Å². The average Bonchev–Trinajstić information content (AvgIpc) is 2.54. The zero-order chi connectivity index (χ0) is 15.5. The second-order valence-electron chi connectivity index (χ2n) is 4.83. The smallest absolute Gasteiger partial charge is 0.254 e. The summed E-state index contributed by atoms with van der Waals surface area (Å²) in [6, 6.07) is 11.1. The van der Waals surface area contributed by atoms with Crippen molar-refractivity contribution in [2.24, 2.45) is 0 Å². The van der Waals surface area contributed by atoms with Gasteiger partial charge in [-0.2, -0.15) is 0 Å². The number of halogens is 2. The lowest BCUT2D eigenvalue weighted by Crippen LogP contribution is -2.40. The van der Waals surface area contributed by atoms with E-state index in [-0.39, 0.29) is 18.2 Å². The molecule has 1 aliphatic rings. The van der Waals surface area contributed by atoms with E-state index in [1.807, 2.05) is 18.2 Å². The number of carbonyl (C=O) groups is 1. The predicted molar refractivity (Wildman–Crippen MR) is 80.1 cm³/mol. The second kappa shape index (κ2) is 6.23. The molecule has 1 N–H and O–H groups in total. The third-order valence-electron chi connectivity index (χ3n) is 3.23. The molecule has 114 valence electrons. The largest absolute Gasteiger partial charge is 0.486 e. The molecule has 0 saturated carbocycles. The Labute approximate surface area is 131 Å². The van der Waals surface area contributed by atoms with Crippen molar-refractivity contribution in [2.75, 3.05) is 13.2 Å². The Hall–Kier alpha value is -2.27. The third-order valence-corrected chi connectivity index (χ3v) is 3.47. The van der Waals surface area contributed by atoms with Crippen LogP contribution in [-0.2, 0) is 0 Å². The zero-order valence-electron chi connectivity index (χ0n) is 11.5. The summed E-state index contributed by atoms with van der Waals surface area (Å²) in [6.45, 7) is 0.522. The highest BCUT2D eigenvalue weighted by Crippen LogP contribution is 2.30. The summed E-state index contributed by atoms with van der Waals surface area (Å²) in [7, 11) is 0. The van der Waals surface area contributed by atoms with Crippen LogP contribution in [0, 0.1) is 5.82 Å². The first-order valence-corrected chi connectivity index (χ1v) is 7.13. The van der Waals surface area contributed by atoms with E-state index in [2.05, 4.69) is 5.32 Å². The fraction of sp³-hybridized carbons (Fsp3) is 0.188. The summed E-state index contributed by atoms with van der Waals surface area (Å²) in [6.07, 6.45) is -0.332. The molecular formula is C16H13ClFNO3. The molecule has 2 aromatic rings. The standard InChI is InChI=1S/C16H13ClFNO3/c17-10-5-6-13(18)12(7-10)16(20)19-8-11-9-21-14-3-1-2-4-15(14)22-11/h1-7,11H,8-9H2,(H,19,20)/t11-/m1/s1. The highest BCUT2D eigenvalue weighted by atomic mass is 35.5. The van der Waals surface area contributed by atoms with Crippen LogP contribution >= 0.6 is 11.6 Å². The van der Waals surface area contributed by atoms with Gasteiger partial charge in [-0.25, -0.2) is 4.39 Å².